The fraction of sp³-hybridized carbons (Fsp3) is 0.389. The normalized spacial score (nSPS) is 20.2. The van der Waals surface area contributed by atoms with Gasteiger partial charge in [-0.1, -0.05) is 0 Å². The maximum atomic E-state index is 13.4. The first-order valence-electron chi connectivity index (χ1n) is 8.24. The molecule has 2 atom stereocenters. The lowest BCUT2D eigenvalue weighted by atomic mass is 10.1. The van der Waals surface area contributed by atoms with E-state index in [-0.39, 0.29) is 5.82 Å². The van der Waals surface area contributed by atoms with Gasteiger partial charge in [0.05, 0.1) is 6.33 Å². The van der Waals surface area contributed by atoms with Gasteiger partial charge in [0.25, 0.3) is 0 Å². The van der Waals surface area contributed by atoms with Crippen molar-refractivity contribution in [3.8, 4) is 0 Å². The Kier molecular flexibility index (Phi) is 3.87. The number of hydrogen-bond acceptors (Lipinski definition) is 2. The molecule has 0 bridgehead atoms. The molecule has 0 unspecified atom stereocenters. The molecule has 2 N–H and O–H groups in total. The third-order valence-corrected chi connectivity index (χ3v) is 4.73. The van der Waals surface area contributed by atoms with Crippen molar-refractivity contribution >= 4 is 10.9 Å². The van der Waals surface area contributed by atoms with Crippen molar-refractivity contribution < 1.29 is 4.39 Å². The van der Waals surface area contributed by atoms with Crippen molar-refractivity contribution in [2.45, 2.75) is 25.3 Å². The second kappa shape index (κ2) is 6.16. The molecule has 4 nitrogen and oxygen atoms in total. The molecule has 120 valence electrons. The van der Waals surface area contributed by atoms with E-state index in [9.17, 15) is 4.39 Å². The molecule has 1 aliphatic rings. The molecule has 1 saturated carbocycles. The first-order chi connectivity index (χ1) is 11.3. The molecule has 0 amide bonds. The molecule has 23 heavy (non-hydrogen) atoms. The van der Waals surface area contributed by atoms with Crippen LogP contribution < -0.4 is 5.32 Å². The van der Waals surface area contributed by atoms with Crippen molar-refractivity contribution in [1.29, 1.82) is 0 Å². The molecule has 5 heteroatoms. The molecule has 2 aromatic heterocycles. The Morgan fingerprint density at radius 2 is 2.35 bits per heavy atom. The van der Waals surface area contributed by atoms with E-state index in [4.69, 9.17) is 0 Å². The number of fused-ring (bicyclic) bond motifs is 1. The highest BCUT2D eigenvalue weighted by Crippen LogP contribution is 2.49. The molecule has 1 fully saturated rings. The van der Waals surface area contributed by atoms with Gasteiger partial charge in [0.15, 0.2) is 0 Å². The Morgan fingerprint density at radius 3 is 3.22 bits per heavy atom. The summed E-state index contributed by atoms with van der Waals surface area (Å²) < 4.78 is 15.5. The first-order valence-corrected chi connectivity index (χ1v) is 8.24. The molecule has 0 aliphatic heterocycles. The van der Waals surface area contributed by atoms with E-state index in [1.54, 1.807) is 6.07 Å². The van der Waals surface area contributed by atoms with Crippen LogP contribution in [0.1, 0.15) is 24.3 Å². The summed E-state index contributed by atoms with van der Waals surface area (Å²) in [7, 11) is 0. The Labute approximate surface area is 134 Å². The van der Waals surface area contributed by atoms with Crippen molar-refractivity contribution in [2.75, 3.05) is 13.1 Å². The van der Waals surface area contributed by atoms with Crippen LogP contribution in [0.25, 0.3) is 10.9 Å². The van der Waals surface area contributed by atoms with Crippen molar-refractivity contribution in [3.05, 3.63) is 54.5 Å². The largest absolute Gasteiger partial charge is 0.361 e. The first kappa shape index (κ1) is 14.5. The minimum Gasteiger partial charge on any atom is -0.361 e. The topological polar surface area (TPSA) is 45.6 Å². The minimum atomic E-state index is -0.159. The number of halogens is 1. The van der Waals surface area contributed by atoms with Gasteiger partial charge in [-0.3, -0.25) is 0 Å². The van der Waals surface area contributed by atoms with E-state index >= 15 is 0 Å². The number of nitrogens with one attached hydrogen (secondary N) is 2. The van der Waals surface area contributed by atoms with Crippen LogP contribution in [0, 0.1) is 11.7 Å². The van der Waals surface area contributed by atoms with E-state index in [0.29, 0.717) is 11.8 Å². The van der Waals surface area contributed by atoms with Crippen LogP contribution >= 0.6 is 0 Å². The van der Waals surface area contributed by atoms with Crippen LogP contribution in [0.5, 0.6) is 0 Å². The van der Waals surface area contributed by atoms with Gasteiger partial charge in [-0.05, 0) is 61.5 Å². The van der Waals surface area contributed by atoms with Crippen LogP contribution in [0.4, 0.5) is 4.39 Å². The average molecular weight is 312 g/mol. The van der Waals surface area contributed by atoms with Crippen LogP contribution in [0.15, 0.2) is 43.1 Å². The van der Waals surface area contributed by atoms with Crippen LogP contribution in [-0.2, 0) is 6.54 Å². The van der Waals surface area contributed by atoms with Crippen molar-refractivity contribution in [3.63, 3.8) is 0 Å². The number of rotatable bonds is 7. The maximum absolute atomic E-state index is 13.4. The van der Waals surface area contributed by atoms with E-state index in [1.165, 1.54) is 18.1 Å². The molecule has 1 aliphatic carbocycles. The highest BCUT2D eigenvalue weighted by atomic mass is 19.1. The highest BCUT2D eigenvalue weighted by Gasteiger charge is 2.39. The lowest BCUT2D eigenvalue weighted by molar-refractivity contribution is 0.561. The molecule has 0 saturated heterocycles. The quantitative estimate of drug-likeness (QED) is 0.658. The molecule has 2 heterocycles. The number of aromatic amines is 1. The van der Waals surface area contributed by atoms with E-state index in [0.717, 1.165) is 37.0 Å². The molecule has 0 spiro atoms. The van der Waals surface area contributed by atoms with E-state index < -0.39 is 0 Å². The Bertz CT molecular complexity index is 778. The Hall–Kier alpha value is -2.14. The minimum absolute atomic E-state index is 0.159. The number of benzene rings is 1. The second-order valence-corrected chi connectivity index (χ2v) is 6.39. The molecule has 0 radical (unpaired) electrons. The number of aromatic nitrogens is 3. The zero-order valence-electron chi connectivity index (χ0n) is 13.0. The number of hydrogen-bond donors (Lipinski definition) is 2. The summed E-state index contributed by atoms with van der Waals surface area (Å²) in [5, 5.41) is 4.58. The fourth-order valence-corrected chi connectivity index (χ4v) is 3.37. The SMILES string of the molecule is Fc1ccc2[nH]cc([C@@H]3C[C@H]3CNCCCn3ccnc3)c2c1. The second-order valence-electron chi connectivity index (χ2n) is 6.39. The van der Waals surface area contributed by atoms with Gasteiger partial charge in [-0.2, -0.15) is 0 Å². The lowest BCUT2D eigenvalue weighted by Crippen LogP contribution is -2.19. The molecule has 3 aromatic rings. The maximum Gasteiger partial charge on any atom is 0.123 e. The highest BCUT2D eigenvalue weighted by molar-refractivity contribution is 5.84. The number of aryl methyl sites for hydroxylation is 1. The Balaban J connectivity index is 1.26. The molecule has 1 aromatic carbocycles. The fourth-order valence-electron chi connectivity index (χ4n) is 3.37. The number of nitrogens with zero attached hydrogens (tertiary/aromatic N) is 2. The third-order valence-electron chi connectivity index (χ3n) is 4.73. The number of imidazole rings is 1. The van der Waals surface area contributed by atoms with Gasteiger partial charge in [0.2, 0.25) is 0 Å². The predicted molar refractivity (Wildman–Crippen MR) is 88.8 cm³/mol. The summed E-state index contributed by atoms with van der Waals surface area (Å²) >= 11 is 0. The zero-order chi connectivity index (χ0) is 15.6. The molecule has 4 rings (SSSR count). The van der Waals surface area contributed by atoms with Crippen LogP contribution in [0.2, 0.25) is 0 Å². The van der Waals surface area contributed by atoms with Gasteiger partial charge in [0, 0.05) is 36.0 Å². The van der Waals surface area contributed by atoms with E-state index in [2.05, 4.69) is 19.9 Å². The molecular formula is C18H21FN4. The van der Waals surface area contributed by atoms with Gasteiger partial charge in [-0.25, -0.2) is 9.37 Å². The van der Waals surface area contributed by atoms with Crippen LogP contribution in [-0.4, -0.2) is 27.6 Å². The third kappa shape index (κ3) is 3.15. The average Bonchev–Trinajstić information content (AvgIpc) is 2.97. The Morgan fingerprint density at radius 1 is 1.39 bits per heavy atom. The van der Waals surface area contributed by atoms with Crippen LogP contribution in [0.3, 0.4) is 0 Å². The number of H-pyrrole nitrogens is 1. The predicted octanol–water partition coefficient (Wildman–Crippen LogP) is 3.29. The molecular weight excluding hydrogens is 291 g/mol. The van der Waals surface area contributed by atoms with E-state index in [1.807, 2.05) is 31.0 Å². The summed E-state index contributed by atoms with van der Waals surface area (Å²) in [6.07, 6.45) is 10.0. The van der Waals surface area contributed by atoms with Crippen molar-refractivity contribution in [1.82, 2.24) is 19.9 Å². The summed E-state index contributed by atoms with van der Waals surface area (Å²) in [6, 6.07) is 4.98. The summed E-state index contributed by atoms with van der Waals surface area (Å²) in [5.74, 6) is 1.07. The summed E-state index contributed by atoms with van der Waals surface area (Å²) in [4.78, 5) is 7.30. The van der Waals surface area contributed by atoms with Gasteiger partial charge in [0.1, 0.15) is 5.82 Å². The van der Waals surface area contributed by atoms with Crippen molar-refractivity contribution in [2.24, 2.45) is 5.92 Å². The lowest BCUT2D eigenvalue weighted by Gasteiger charge is -2.05. The standard InChI is InChI=1S/C18H21FN4/c19-14-2-3-18-16(9-14)17(11-22-18)15-8-13(15)10-20-4-1-6-23-7-5-21-12-23/h2-3,5,7,9,11-13,15,20,22H,1,4,6,8,10H2/t13-,15+/m0/s1. The monoisotopic (exact) mass is 312 g/mol. The zero-order valence-corrected chi connectivity index (χ0v) is 13.0. The van der Waals surface area contributed by atoms with Gasteiger partial charge < -0.3 is 14.9 Å². The summed E-state index contributed by atoms with van der Waals surface area (Å²) in [5.41, 5.74) is 2.30. The van der Waals surface area contributed by atoms with Gasteiger partial charge >= 0.3 is 0 Å². The summed E-state index contributed by atoms with van der Waals surface area (Å²) in [6.45, 7) is 3.06. The smallest absolute Gasteiger partial charge is 0.123 e. The van der Waals surface area contributed by atoms with Gasteiger partial charge in [-0.15, -0.1) is 0 Å².